The second-order valence-corrected chi connectivity index (χ2v) is 8.31. The Balaban J connectivity index is 1.58. The smallest absolute Gasteiger partial charge is 0.270 e. The van der Waals surface area contributed by atoms with E-state index in [2.05, 4.69) is 10.3 Å². The number of hydrogen-bond acceptors (Lipinski definition) is 5. The zero-order valence-electron chi connectivity index (χ0n) is 17.1. The summed E-state index contributed by atoms with van der Waals surface area (Å²) in [6, 6.07) is 22.6. The lowest BCUT2D eigenvalue weighted by Gasteiger charge is -2.26. The number of thiocarbonyl (C=S) groups is 1. The van der Waals surface area contributed by atoms with E-state index in [1.54, 1.807) is 30.5 Å². The van der Waals surface area contributed by atoms with E-state index in [1.807, 2.05) is 47.4 Å². The number of anilines is 1. The van der Waals surface area contributed by atoms with Crippen molar-refractivity contribution in [3.63, 3.8) is 0 Å². The van der Waals surface area contributed by atoms with Crippen LogP contribution < -0.4 is 10.2 Å². The molecule has 164 valence electrons. The van der Waals surface area contributed by atoms with Crippen LogP contribution in [0.25, 0.3) is 11.3 Å². The van der Waals surface area contributed by atoms with Gasteiger partial charge in [-0.05, 0) is 60.7 Å². The van der Waals surface area contributed by atoms with Gasteiger partial charge in [-0.3, -0.25) is 15.1 Å². The first kappa shape index (κ1) is 21.1. The van der Waals surface area contributed by atoms with E-state index in [0.717, 1.165) is 11.4 Å². The number of nitro groups is 1. The highest BCUT2D eigenvalue weighted by Gasteiger charge is 2.42. The summed E-state index contributed by atoms with van der Waals surface area (Å²) in [5.41, 5.74) is 2.29. The van der Waals surface area contributed by atoms with Gasteiger partial charge in [0.1, 0.15) is 17.6 Å². The predicted molar refractivity (Wildman–Crippen MR) is 130 cm³/mol. The number of nitrogens with one attached hydrogen (secondary N) is 1. The van der Waals surface area contributed by atoms with Gasteiger partial charge in [0.2, 0.25) is 0 Å². The van der Waals surface area contributed by atoms with Crippen LogP contribution in [-0.2, 0) is 0 Å². The standard InChI is InChI=1S/C24H17ClN4O3S/c25-16-7-9-17(10-8-16)28-23(22(27-24(28)33)19-6-1-2-13-26-19)21-12-11-20(32-21)15-4-3-5-18(14-15)29(30)31/h1-14,22-23H,(H,27,33)/t22-,23+/m0/s1. The maximum Gasteiger partial charge on any atom is 0.270 e. The molecule has 4 aromatic rings. The highest BCUT2D eigenvalue weighted by Crippen LogP contribution is 2.43. The summed E-state index contributed by atoms with van der Waals surface area (Å²) in [6.07, 6.45) is 1.73. The lowest BCUT2D eigenvalue weighted by atomic mass is 10.0. The van der Waals surface area contributed by atoms with Crippen molar-refractivity contribution in [2.45, 2.75) is 12.1 Å². The molecule has 0 amide bonds. The molecule has 1 aliphatic rings. The minimum atomic E-state index is -0.425. The average Bonchev–Trinajstić information content (AvgIpc) is 3.45. The molecule has 1 fully saturated rings. The second kappa shape index (κ2) is 8.65. The minimum Gasteiger partial charge on any atom is -0.459 e. The Bertz CT molecular complexity index is 1330. The van der Waals surface area contributed by atoms with Gasteiger partial charge < -0.3 is 14.6 Å². The summed E-state index contributed by atoms with van der Waals surface area (Å²) in [4.78, 5) is 17.3. The number of nitrogens with zero attached hydrogens (tertiary/aromatic N) is 3. The van der Waals surface area contributed by atoms with Crippen LogP contribution in [-0.4, -0.2) is 15.0 Å². The fourth-order valence-electron chi connectivity index (χ4n) is 3.96. The van der Waals surface area contributed by atoms with Gasteiger partial charge in [-0.25, -0.2) is 0 Å². The summed E-state index contributed by atoms with van der Waals surface area (Å²) in [5, 5.41) is 15.7. The predicted octanol–water partition coefficient (Wildman–Crippen LogP) is 6.08. The van der Waals surface area contributed by atoms with E-state index >= 15 is 0 Å². The molecule has 0 unspecified atom stereocenters. The molecule has 0 spiro atoms. The Morgan fingerprint density at radius 1 is 1.06 bits per heavy atom. The molecule has 3 heterocycles. The van der Waals surface area contributed by atoms with Gasteiger partial charge in [-0.15, -0.1) is 0 Å². The number of pyridine rings is 1. The molecule has 33 heavy (non-hydrogen) atoms. The molecule has 9 heteroatoms. The van der Waals surface area contributed by atoms with Crippen LogP contribution in [0, 0.1) is 10.1 Å². The molecule has 0 aliphatic carbocycles. The van der Waals surface area contributed by atoms with Crippen LogP contribution in [0.15, 0.2) is 89.5 Å². The zero-order chi connectivity index (χ0) is 22.9. The van der Waals surface area contributed by atoms with E-state index in [1.165, 1.54) is 12.1 Å². The van der Waals surface area contributed by atoms with Crippen molar-refractivity contribution in [3.05, 3.63) is 112 Å². The molecule has 2 aromatic heterocycles. The van der Waals surface area contributed by atoms with Crippen LogP contribution >= 0.6 is 23.8 Å². The number of non-ortho nitro benzene ring substituents is 1. The average molecular weight is 477 g/mol. The van der Waals surface area contributed by atoms with Gasteiger partial charge in [-0.2, -0.15) is 0 Å². The van der Waals surface area contributed by atoms with Gasteiger partial charge in [0, 0.05) is 34.6 Å². The van der Waals surface area contributed by atoms with Crippen molar-refractivity contribution in [1.29, 1.82) is 0 Å². The Morgan fingerprint density at radius 2 is 1.88 bits per heavy atom. The number of nitro benzene ring substituents is 1. The maximum absolute atomic E-state index is 11.2. The Hall–Kier alpha value is -3.75. The molecule has 1 N–H and O–H groups in total. The monoisotopic (exact) mass is 476 g/mol. The topological polar surface area (TPSA) is 84.4 Å². The first-order chi connectivity index (χ1) is 16.0. The third kappa shape index (κ3) is 4.06. The van der Waals surface area contributed by atoms with Crippen LogP contribution in [0.3, 0.4) is 0 Å². The molecule has 2 aromatic carbocycles. The molecule has 0 bridgehead atoms. The van der Waals surface area contributed by atoms with Crippen molar-refractivity contribution in [3.8, 4) is 11.3 Å². The van der Waals surface area contributed by atoms with Crippen LogP contribution in [0.4, 0.5) is 11.4 Å². The van der Waals surface area contributed by atoms with Crippen molar-refractivity contribution >= 4 is 40.3 Å². The second-order valence-electron chi connectivity index (χ2n) is 7.48. The molecule has 5 rings (SSSR count). The maximum atomic E-state index is 11.2. The van der Waals surface area contributed by atoms with E-state index < -0.39 is 4.92 Å². The highest BCUT2D eigenvalue weighted by atomic mass is 35.5. The SMILES string of the molecule is O=[N+]([O-])c1cccc(-c2ccc([C@@H]3[C@H](c4ccccn4)NC(=S)N3c3ccc(Cl)cc3)o2)c1. The molecule has 0 radical (unpaired) electrons. The fraction of sp³-hybridized carbons (Fsp3) is 0.0833. The molecule has 2 atom stereocenters. The summed E-state index contributed by atoms with van der Waals surface area (Å²) in [7, 11) is 0. The van der Waals surface area contributed by atoms with Gasteiger partial charge in [0.15, 0.2) is 5.11 Å². The lowest BCUT2D eigenvalue weighted by molar-refractivity contribution is -0.384. The van der Waals surface area contributed by atoms with Crippen LogP contribution in [0.2, 0.25) is 5.02 Å². The molecule has 1 saturated heterocycles. The third-order valence-corrected chi connectivity index (χ3v) is 6.03. The zero-order valence-corrected chi connectivity index (χ0v) is 18.7. The summed E-state index contributed by atoms with van der Waals surface area (Å²) < 4.78 is 6.25. The number of rotatable bonds is 5. The van der Waals surface area contributed by atoms with E-state index in [9.17, 15) is 10.1 Å². The largest absolute Gasteiger partial charge is 0.459 e. The summed E-state index contributed by atoms with van der Waals surface area (Å²) >= 11 is 11.8. The van der Waals surface area contributed by atoms with Gasteiger partial charge in [-0.1, -0.05) is 29.8 Å². The summed E-state index contributed by atoms with van der Waals surface area (Å²) in [6.45, 7) is 0. The Kier molecular flexibility index (Phi) is 5.53. The van der Waals surface area contributed by atoms with Gasteiger partial charge in [0.25, 0.3) is 5.69 Å². The van der Waals surface area contributed by atoms with Crippen LogP contribution in [0.1, 0.15) is 23.5 Å². The number of halogens is 1. The third-order valence-electron chi connectivity index (χ3n) is 5.46. The van der Waals surface area contributed by atoms with Crippen molar-refractivity contribution in [2.24, 2.45) is 0 Å². The van der Waals surface area contributed by atoms with E-state index in [0.29, 0.717) is 27.2 Å². The van der Waals surface area contributed by atoms with Crippen LogP contribution in [0.5, 0.6) is 0 Å². The van der Waals surface area contributed by atoms with Gasteiger partial charge in [0.05, 0.1) is 16.7 Å². The highest BCUT2D eigenvalue weighted by molar-refractivity contribution is 7.80. The Labute approximate surface area is 199 Å². The molecule has 7 nitrogen and oxygen atoms in total. The first-order valence-corrected chi connectivity index (χ1v) is 10.9. The molecular formula is C24H17ClN4O3S. The minimum absolute atomic E-state index is 0.00307. The molecular weight excluding hydrogens is 460 g/mol. The van der Waals surface area contributed by atoms with Gasteiger partial charge >= 0.3 is 0 Å². The molecule has 1 aliphatic heterocycles. The number of benzene rings is 2. The van der Waals surface area contributed by atoms with E-state index in [-0.39, 0.29) is 17.8 Å². The lowest BCUT2D eigenvalue weighted by Crippen LogP contribution is -2.29. The normalized spacial score (nSPS) is 17.7. The quantitative estimate of drug-likeness (QED) is 0.212. The van der Waals surface area contributed by atoms with E-state index in [4.69, 9.17) is 28.2 Å². The number of hydrogen-bond donors (Lipinski definition) is 1. The Morgan fingerprint density at radius 3 is 2.61 bits per heavy atom. The summed E-state index contributed by atoms with van der Waals surface area (Å²) in [5.74, 6) is 1.18. The first-order valence-electron chi connectivity index (χ1n) is 10.1. The van der Waals surface area contributed by atoms with Crippen molar-refractivity contribution in [2.75, 3.05) is 4.90 Å². The number of aromatic nitrogens is 1. The molecule has 0 saturated carbocycles. The number of furan rings is 1. The van der Waals surface area contributed by atoms with Crippen molar-refractivity contribution in [1.82, 2.24) is 10.3 Å². The van der Waals surface area contributed by atoms with Crippen molar-refractivity contribution < 1.29 is 9.34 Å². The fourth-order valence-corrected chi connectivity index (χ4v) is 4.44.